The highest BCUT2D eigenvalue weighted by Gasteiger charge is 2.25. The van der Waals surface area contributed by atoms with Crippen molar-refractivity contribution >= 4 is 46.6 Å². The summed E-state index contributed by atoms with van der Waals surface area (Å²) in [6.45, 7) is 1.80. The monoisotopic (exact) mass is 518 g/mol. The Morgan fingerprint density at radius 1 is 0.912 bits per heavy atom. The summed E-state index contributed by atoms with van der Waals surface area (Å²) < 4.78 is 1.61. The highest BCUT2D eigenvalue weighted by molar-refractivity contribution is 6.35. The Balaban J connectivity index is 1.65. The fourth-order valence-corrected chi connectivity index (χ4v) is 4.92. The van der Waals surface area contributed by atoms with Gasteiger partial charge in [-0.05, 0) is 50.1 Å². The maximum atomic E-state index is 13.1. The van der Waals surface area contributed by atoms with Crippen LogP contribution in [0.4, 0.5) is 0 Å². The molecule has 1 saturated carbocycles. The van der Waals surface area contributed by atoms with Crippen LogP contribution in [0.2, 0.25) is 15.1 Å². The van der Waals surface area contributed by atoms with Crippen molar-refractivity contribution in [2.75, 3.05) is 0 Å². The van der Waals surface area contributed by atoms with Crippen LogP contribution >= 0.6 is 34.8 Å². The normalized spacial score (nSPS) is 14.5. The molecule has 0 atom stereocenters. The molecule has 1 aliphatic rings. The lowest BCUT2D eigenvalue weighted by Gasteiger charge is -2.14. The summed E-state index contributed by atoms with van der Waals surface area (Å²) >= 11 is 18.6. The van der Waals surface area contributed by atoms with Crippen molar-refractivity contribution < 1.29 is 9.59 Å². The summed E-state index contributed by atoms with van der Waals surface area (Å²) in [7, 11) is 0. The molecule has 3 aromatic rings. The van der Waals surface area contributed by atoms with Crippen molar-refractivity contribution in [2.24, 2.45) is 5.92 Å². The summed E-state index contributed by atoms with van der Waals surface area (Å²) in [5, 5.41) is 6.04. The predicted molar refractivity (Wildman–Crippen MR) is 136 cm³/mol. The number of carbonyl (C=O) groups is 2. The Bertz CT molecular complexity index is 1200. The number of rotatable bonds is 4. The molecule has 178 valence electrons. The number of carbonyl (C=O) groups excluding carboxylic acids is 2. The standard InChI is InChI=1S/C25H25Cl3N4O2/c1-15-22(25(34)30-29-24(33)17-6-4-2-3-5-7-17)31-32(21-13-12-19(27)14-20(21)28)23(15)16-8-10-18(26)11-9-16/h8-14,17H,2-7H2,1H3,(H,29,33)(H,30,34). The van der Waals surface area contributed by atoms with Crippen LogP contribution in [-0.2, 0) is 4.79 Å². The van der Waals surface area contributed by atoms with E-state index in [9.17, 15) is 9.59 Å². The van der Waals surface area contributed by atoms with Crippen LogP contribution in [-0.4, -0.2) is 21.6 Å². The second-order valence-electron chi connectivity index (χ2n) is 8.47. The van der Waals surface area contributed by atoms with Crippen LogP contribution in [0.25, 0.3) is 16.9 Å². The van der Waals surface area contributed by atoms with E-state index in [-0.39, 0.29) is 17.5 Å². The van der Waals surface area contributed by atoms with Gasteiger partial charge >= 0.3 is 0 Å². The van der Waals surface area contributed by atoms with Gasteiger partial charge in [-0.15, -0.1) is 0 Å². The van der Waals surface area contributed by atoms with Crippen LogP contribution in [0.3, 0.4) is 0 Å². The molecular weight excluding hydrogens is 495 g/mol. The molecule has 0 radical (unpaired) electrons. The van der Waals surface area contributed by atoms with Gasteiger partial charge in [-0.1, -0.05) is 72.6 Å². The largest absolute Gasteiger partial charge is 0.290 e. The first-order chi connectivity index (χ1) is 16.3. The average molecular weight is 520 g/mol. The van der Waals surface area contributed by atoms with E-state index in [1.54, 1.807) is 41.9 Å². The van der Waals surface area contributed by atoms with E-state index in [4.69, 9.17) is 34.8 Å². The molecule has 1 heterocycles. The number of hydrogen-bond acceptors (Lipinski definition) is 3. The molecule has 0 bridgehead atoms. The first-order valence-corrected chi connectivity index (χ1v) is 12.4. The third-order valence-electron chi connectivity index (χ3n) is 6.12. The first-order valence-electron chi connectivity index (χ1n) is 11.3. The Kier molecular flexibility index (Phi) is 7.81. The van der Waals surface area contributed by atoms with Gasteiger partial charge in [0.15, 0.2) is 5.69 Å². The molecule has 2 N–H and O–H groups in total. The van der Waals surface area contributed by atoms with E-state index in [1.165, 1.54) is 0 Å². The third-order valence-corrected chi connectivity index (χ3v) is 6.91. The first kappa shape index (κ1) is 24.6. The SMILES string of the molecule is Cc1c(C(=O)NNC(=O)C2CCCCCC2)nn(-c2ccc(Cl)cc2Cl)c1-c1ccc(Cl)cc1. The molecule has 0 saturated heterocycles. The number of aromatic nitrogens is 2. The summed E-state index contributed by atoms with van der Waals surface area (Å²) in [6.07, 6.45) is 6.03. The smallest absolute Gasteiger partial charge is 0.273 e. The molecule has 2 aromatic carbocycles. The summed E-state index contributed by atoms with van der Waals surface area (Å²) in [5.74, 6) is -0.747. The Morgan fingerprint density at radius 3 is 2.21 bits per heavy atom. The van der Waals surface area contributed by atoms with Crippen LogP contribution in [0.1, 0.15) is 54.6 Å². The van der Waals surface area contributed by atoms with Crippen LogP contribution in [0.15, 0.2) is 42.5 Å². The van der Waals surface area contributed by atoms with E-state index in [1.807, 2.05) is 12.1 Å². The minimum absolute atomic E-state index is 0.0843. The fourth-order valence-electron chi connectivity index (χ4n) is 4.31. The zero-order valence-corrected chi connectivity index (χ0v) is 21.0. The topological polar surface area (TPSA) is 76.0 Å². The zero-order valence-electron chi connectivity index (χ0n) is 18.7. The van der Waals surface area contributed by atoms with E-state index in [2.05, 4.69) is 16.0 Å². The average Bonchev–Trinajstić information content (AvgIpc) is 2.98. The van der Waals surface area contributed by atoms with Crippen molar-refractivity contribution in [2.45, 2.75) is 45.4 Å². The number of hydrazine groups is 1. The van der Waals surface area contributed by atoms with Crippen molar-refractivity contribution in [1.29, 1.82) is 0 Å². The molecule has 0 spiro atoms. The summed E-state index contributed by atoms with van der Waals surface area (Å²) in [6, 6.07) is 12.3. The molecule has 1 aromatic heterocycles. The molecule has 4 rings (SSSR count). The number of hydrogen-bond donors (Lipinski definition) is 2. The molecule has 9 heteroatoms. The molecule has 0 unspecified atom stereocenters. The van der Waals surface area contributed by atoms with Gasteiger partial charge in [-0.25, -0.2) is 4.68 Å². The highest BCUT2D eigenvalue weighted by Crippen LogP contribution is 2.33. The van der Waals surface area contributed by atoms with Gasteiger partial charge in [0.1, 0.15) is 0 Å². The second-order valence-corrected chi connectivity index (χ2v) is 9.75. The Hall–Kier alpha value is -2.54. The van der Waals surface area contributed by atoms with Gasteiger partial charge in [0.25, 0.3) is 5.91 Å². The third kappa shape index (κ3) is 5.40. The number of amides is 2. The van der Waals surface area contributed by atoms with Gasteiger partial charge in [-0.2, -0.15) is 5.10 Å². The summed E-state index contributed by atoms with van der Waals surface area (Å²) in [4.78, 5) is 25.7. The molecule has 34 heavy (non-hydrogen) atoms. The Morgan fingerprint density at radius 2 is 1.56 bits per heavy atom. The van der Waals surface area contributed by atoms with Crippen molar-refractivity contribution in [1.82, 2.24) is 20.6 Å². The number of benzene rings is 2. The van der Waals surface area contributed by atoms with Crippen LogP contribution in [0, 0.1) is 12.8 Å². The molecule has 0 aliphatic heterocycles. The van der Waals surface area contributed by atoms with Gasteiger partial charge < -0.3 is 0 Å². The zero-order chi connectivity index (χ0) is 24.2. The van der Waals surface area contributed by atoms with Crippen molar-refractivity contribution in [3.63, 3.8) is 0 Å². The number of halogens is 3. The number of nitrogens with one attached hydrogen (secondary N) is 2. The lowest BCUT2D eigenvalue weighted by Crippen LogP contribution is -2.44. The maximum absolute atomic E-state index is 13.1. The Labute approximate surface area is 213 Å². The molecule has 1 aliphatic carbocycles. The highest BCUT2D eigenvalue weighted by atomic mass is 35.5. The summed E-state index contributed by atoms with van der Waals surface area (Å²) in [5.41, 5.74) is 8.01. The van der Waals surface area contributed by atoms with Gasteiger partial charge in [0, 0.05) is 27.1 Å². The minimum atomic E-state index is -0.501. The van der Waals surface area contributed by atoms with Gasteiger partial charge in [-0.3, -0.25) is 20.4 Å². The lowest BCUT2D eigenvalue weighted by atomic mass is 10.00. The second kappa shape index (κ2) is 10.8. The van der Waals surface area contributed by atoms with E-state index in [0.717, 1.165) is 44.1 Å². The lowest BCUT2D eigenvalue weighted by molar-refractivity contribution is -0.126. The molecule has 2 amide bonds. The molecular formula is C25H25Cl3N4O2. The van der Waals surface area contributed by atoms with Crippen LogP contribution in [0.5, 0.6) is 0 Å². The van der Waals surface area contributed by atoms with E-state index in [0.29, 0.717) is 32.0 Å². The number of nitrogens with zero attached hydrogens (tertiary/aromatic N) is 2. The van der Waals surface area contributed by atoms with Crippen LogP contribution < -0.4 is 10.9 Å². The van der Waals surface area contributed by atoms with E-state index < -0.39 is 5.91 Å². The predicted octanol–water partition coefficient (Wildman–Crippen LogP) is 6.54. The minimum Gasteiger partial charge on any atom is -0.273 e. The van der Waals surface area contributed by atoms with Crippen molar-refractivity contribution in [3.8, 4) is 16.9 Å². The molecule has 1 fully saturated rings. The van der Waals surface area contributed by atoms with Crippen molar-refractivity contribution in [3.05, 3.63) is 68.8 Å². The van der Waals surface area contributed by atoms with E-state index >= 15 is 0 Å². The maximum Gasteiger partial charge on any atom is 0.290 e. The fraction of sp³-hybridized carbons (Fsp3) is 0.320. The van der Waals surface area contributed by atoms with Gasteiger partial charge in [0.05, 0.1) is 16.4 Å². The van der Waals surface area contributed by atoms with Gasteiger partial charge in [0.2, 0.25) is 5.91 Å². The quantitative estimate of drug-likeness (QED) is 0.303. The molecule has 6 nitrogen and oxygen atoms in total.